The third-order valence-corrected chi connectivity index (χ3v) is 9.23. The number of hydrogen-bond acceptors (Lipinski definition) is 10. The van der Waals surface area contributed by atoms with E-state index in [1.807, 2.05) is 0 Å². The maximum atomic E-state index is 12.7. The van der Waals surface area contributed by atoms with Gasteiger partial charge < -0.3 is 39.4 Å². The number of unbranched alkanes of at least 4 members (excludes halogenated alkanes) is 14. The first kappa shape index (κ1) is 48.7. The summed E-state index contributed by atoms with van der Waals surface area (Å²) in [6, 6.07) is 0. The van der Waals surface area contributed by atoms with Crippen LogP contribution in [0.25, 0.3) is 0 Å². The lowest BCUT2D eigenvalue weighted by atomic mass is 9.99. The molecule has 0 aromatic heterocycles. The van der Waals surface area contributed by atoms with Crippen LogP contribution in [-0.2, 0) is 28.5 Å². The zero-order chi connectivity index (χ0) is 38.8. The molecule has 6 unspecified atom stereocenters. The standard InChI is InChI=1S/C43H74O10/c1-3-5-7-9-11-13-15-16-17-18-19-20-22-24-26-28-30-32-39(46)52-36(35-51-43-42(49)41(48)40(47)37(33-44)53-43)34-50-38(45)31-29-27-25-23-21-14-12-10-8-6-4-2/h5,7,11,13,16-17,19-20,36-37,40-44,47-49H,3-4,6,8-10,12,14-15,18,21-35H2,1-2H3/b7-5-,13-11-,17-16-,20-19-. The van der Waals surface area contributed by atoms with E-state index >= 15 is 0 Å². The maximum Gasteiger partial charge on any atom is 0.306 e. The van der Waals surface area contributed by atoms with Crippen LogP contribution in [0.15, 0.2) is 48.6 Å². The van der Waals surface area contributed by atoms with Gasteiger partial charge in [-0.2, -0.15) is 0 Å². The Morgan fingerprint density at radius 3 is 1.68 bits per heavy atom. The van der Waals surface area contributed by atoms with Gasteiger partial charge in [-0.15, -0.1) is 0 Å². The molecule has 53 heavy (non-hydrogen) atoms. The number of rotatable bonds is 33. The second kappa shape index (κ2) is 34.2. The van der Waals surface area contributed by atoms with Gasteiger partial charge in [0.1, 0.15) is 31.0 Å². The second-order valence-corrected chi connectivity index (χ2v) is 14.1. The second-order valence-electron chi connectivity index (χ2n) is 14.1. The Hall–Kier alpha value is -2.34. The average Bonchev–Trinajstić information content (AvgIpc) is 3.15. The largest absolute Gasteiger partial charge is 0.462 e. The third-order valence-electron chi connectivity index (χ3n) is 9.23. The SMILES string of the molecule is CC/C=C\C/C=C\C/C=C\C/C=C\CCCCCCC(=O)OC(COC(=O)CCCCCCCCCCCCC)COC1OC(CO)C(O)C(O)C1O. The fourth-order valence-electron chi connectivity index (χ4n) is 5.94. The van der Waals surface area contributed by atoms with Gasteiger partial charge in [0.2, 0.25) is 0 Å². The van der Waals surface area contributed by atoms with E-state index in [4.69, 9.17) is 18.9 Å². The quantitative estimate of drug-likeness (QED) is 0.0294. The van der Waals surface area contributed by atoms with E-state index in [0.29, 0.717) is 6.42 Å². The number of carbonyl (C=O) groups is 2. The van der Waals surface area contributed by atoms with Crippen LogP contribution < -0.4 is 0 Å². The van der Waals surface area contributed by atoms with Gasteiger partial charge in [-0.1, -0.05) is 140 Å². The summed E-state index contributed by atoms with van der Waals surface area (Å²) in [5, 5.41) is 40.0. The number of esters is 2. The summed E-state index contributed by atoms with van der Waals surface area (Å²) in [6.45, 7) is 3.26. The first-order valence-corrected chi connectivity index (χ1v) is 20.7. The molecule has 1 saturated heterocycles. The Bertz CT molecular complexity index is 1010. The van der Waals surface area contributed by atoms with Gasteiger partial charge in [0.15, 0.2) is 12.4 Å². The highest BCUT2D eigenvalue weighted by molar-refractivity contribution is 5.70. The molecule has 0 aromatic rings. The topological polar surface area (TPSA) is 152 Å². The fraction of sp³-hybridized carbons (Fsp3) is 0.767. The summed E-state index contributed by atoms with van der Waals surface area (Å²) < 4.78 is 22.1. The molecule has 0 aliphatic carbocycles. The molecule has 1 heterocycles. The minimum atomic E-state index is -1.60. The molecule has 10 heteroatoms. The molecule has 1 fully saturated rings. The zero-order valence-corrected chi connectivity index (χ0v) is 33.0. The molecular formula is C43H74O10. The number of aliphatic hydroxyl groups excluding tert-OH is 4. The smallest absolute Gasteiger partial charge is 0.306 e. The van der Waals surface area contributed by atoms with Crippen molar-refractivity contribution in [1.29, 1.82) is 0 Å². The van der Waals surface area contributed by atoms with Crippen LogP contribution in [0.2, 0.25) is 0 Å². The van der Waals surface area contributed by atoms with E-state index in [-0.39, 0.29) is 32.0 Å². The van der Waals surface area contributed by atoms with Crippen LogP contribution in [0.5, 0.6) is 0 Å². The predicted molar refractivity (Wildman–Crippen MR) is 210 cm³/mol. The van der Waals surface area contributed by atoms with Crippen molar-refractivity contribution in [1.82, 2.24) is 0 Å². The highest BCUT2D eigenvalue weighted by Gasteiger charge is 2.44. The number of aliphatic hydroxyl groups is 4. The normalized spacial score (nSPS) is 21.4. The van der Waals surface area contributed by atoms with E-state index in [0.717, 1.165) is 70.6 Å². The lowest BCUT2D eigenvalue weighted by molar-refractivity contribution is -0.305. The summed E-state index contributed by atoms with van der Waals surface area (Å²) in [7, 11) is 0. The molecule has 0 aromatic carbocycles. The Kier molecular flexibility index (Phi) is 31.4. The number of ether oxygens (including phenoxy) is 4. The van der Waals surface area contributed by atoms with Gasteiger partial charge in [0, 0.05) is 12.8 Å². The fourth-order valence-corrected chi connectivity index (χ4v) is 5.94. The lowest BCUT2D eigenvalue weighted by Crippen LogP contribution is -2.59. The number of allylic oxidation sites excluding steroid dienone is 8. The Morgan fingerprint density at radius 2 is 1.11 bits per heavy atom. The van der Waals surface area contributed by atoms with Crippen molar-refractivity contribution >= 4 is 11.9 Å². The van der Waals surface area contributed by atoms with E-state index in [1.165, 1.54) is 51.4 Å². The first-order valence-electron chi connectivity index (χ1n) is 20.7. The van der Waals surface area contributed by atoms with E-state index in [9.17, 15) is 30.0 Å². The van der Waals surface area contributed by atoms with Gasteiger partial charge in [-0.25, -0.2) is 0 Å². The Balaban J connectivity index is 2.39. The molecule has 0 saturated carbocycles. The summed E-state index contributed by atoms with van der Waals surface area (Å²) in [4.78, 5) is 25.2. The number of hydrogen-bond donors (Lipinski definition) is 4. The summed E-state index contributed by atoms with van der Waals surface area (Å²) in [5.74, 6) is -0.837. The highest BCUT2D eigenvalue weighted by atomic mass is 16.7. The van der Waals surface area contributed by atoms with Crippen molar-refractivity contribution in [2.75, 3.05) is 19.8 Å². The van der Waals surface area contributed by atoms with E-state index in [1.54, 1.807) is 0 Å². The highest BCUT2D eigenvalue weighted by Crippen LogP contribution is 2.22. The molecule has 1 aliphatic heterocycles. The Morgan fingerprint density at radius 1 is 0.604 bits per heavy atom. The summed E-state index contributed by atoms with van der Waals surface area (Å²) >= 11 is 0. The molecule has 0 radical (unpaired) electrons. The molecule has 6 atom stereocenters. The van der Waals surface area contributed by atoms with Gasteiger partial charge in [0.05, 0.1) is 13.2 Å². The third kappa shape index (κ3) is 26.2. The maximum absolute atomic E-state index is 12.7. The lowest BCUT2D eigenvalue weighted by Gasteiger charge is -2.39. The van der Waals surface area contributed by atoms with Gasteiger partial charge in [-0.3, -0.25) is 9.59 Å². The zero-order valence-electron chi connectivity index (χ0n) is 33.0. The van der Waals surface area contributed by atoms with Crippen molar-refractivity contribution in [2.45, 2.75) is 192 Å². The van der Waals surface area contributed by atoms with Crippen LogP contribution >= 0.6 is 0 Å². The van der Waals surface area contributed by atoms with Crippen molar-refractivity contribution in [3.05, 3.63) is 48.6 Å². The van der Waals surface area contributed by atoms with Crippen LogP contribution in [0, 0.1) is 0 Å². The van der Waals surface area contributed by atoms with E-state index < -0.39 is 49.4 Å². The van der Waals surface area contributed by atoms with Crippen molar-refractivity contribution in [3.8, 4) is 0 Å². The van der Waals surface area contributed by atoms with Crippen LogP contribution in [-0.4, -0.2) is 89.0 Å². The molecule has 10 nitrogen and oxygen atoms in total. The molecule has 4 N–H and O–H groups in total. The average molecular weight is 751 g/mol. The van der Waals surface area contributed by atoms with Crippen LogP contribution in [0.3, 0.4) is 0 Å². The molecule has 1 aliphatic rings. The molecule has 0 amide bonds. The minimum Gasteiger partial charge on any atom is -0.462 e. The minimum absolute atomic E-state index is 0.202. The van der Waals surface area contributed by atoms with Crippen LogP contribution in [0.4, 0.5) is 0 Å². The van der Waals surface area contributed by atoms with Crippen molar-refractivity contribution < 1.29 is 49.0 Å². The Labute approximate surface area is 320 Å². The molecule has 0 bridgehead atoms. The predicted octanol–water partition coefficient (Wildman–Crippen LogP) is 8.10. The molecule has 306 valence electrons. The van der Waals surface area contributed by atoms with Gasteiger partial charge >= 0.3 is 11.9 Å². The van der Waals surface area contributed by atoms with Crippen molar-refractivity contribution in [2.24, 2.45) is 0 Å². The monoisotopic (exact) mass is 751 g/mol. The number of carbonyl (C=O) groups excluding carboxylic acids is 2. The molecule has 1 rings (SSSR count). The molecule has 0 spiro atoms. The van der Waals surface area contributed by atoms with Crippen molar-refractivity contribution in [3.63, 3.8) is 0 Å². The first-order chi connectivity index (χ1) is 25.8. The molecular weight excluding hydrogens is 676 g/mol. The van der Waals surface area contributed by atoms with Crippen LogP contribution in [0.1, 0.15) is 155 Å². The van der Waals surface area contributed by atoms with E-state index in [2.05, 4.69) is 62.5 Å². The van der Waals surface area contributed by atoms with Gasteiger partial charge in [-0.05, 0) is 51.4 Å². The summed E-state index contributed by atoms with van der Waals surface area (Å²) in [5.41, 5.74) is 0. The van der Waals surface area contributed by atoms with Gasteiger partial charge in [0.25, 0.3) is 0 Å². The summed E-state index contributed by atoms with van der Waals surface area (Å²) in [6.07, 6.45) is 31.2.